The van der Waals surface area contributed by atoms with Crippen LogP contribution < -0.4 is 11.5 Å². The van der Waals surface area contributed by atoms with Gasteiger partial charge in [0.25, 0.3) is 0 Å². The Labute approximate surface area is 115 Å². The third kappa shape index (κ3) is 2.09. The van der Waals surface area contributed by atoms with E-state index in [1.54, 1.807) is 0 Å². The van der Waals surface area contributed by atoms with E-state index in [0.29, 0.717) is 17.7 Å². The number of fused-ring (bicyclic) bond motifs is 2. The van der Waals surface area contributed by atoms with E-state index in [-0.39, 0.29) is 23.4 Å². The number of likely N-dealkylation sites (tertiary alicyclic amines) is 1. The van der Waals surface area contributed by atoms with Gasteiger partial charge in [-0.2, -0.15) is 0 Å². The monoisotopic (exact) mass is 265 g/mol. The molecule has 2 aliphatic carbocycles. The summed E-state index contributed by atoms with van der Waals surface area (Å²) in [6.07, 6.45) is 4.51. The summed E-state index contributed by atoms with van der Waals surface area (Å²) in [4.78, 5) is 14.8. The lowest BCUT2D eigenvalue weighted by molar-refractivity contribution is -0.141. The van der Waals surface area contributed by atoms with Crippen LogP contribution in [0.1, 0.15) is 39.5 Å². The van der Waals surface area contributed by atoms with Crippen molar-refractivity contribution in [3.8, 4) is 0 Å². The van der Waals surface area contributed by atoms with E-state index >= 15 is 0 Å². The van der Waals surface area contributed by atoms with E-state index < -0.39 is 0 Å². The summed E-state index contributed by atoms with van der Waals surface area (Å²) in [5.41, 5.74) is 12.5. The second-order valence-electron chi connectivity index (χ2n) is 7.58. The molecule has 1 amide bonds. The molecule has 0 radical (unpaired) electrons. The molecule has 2 saturated carbocycles. The van der Waals surface area contributed by atoms with E-state index in [1.807, 2.05) is 4.90 Å². The topological polar surface area (TPSA) is 72.3 Å². The molecule has 1 saturated heterocycles. The van der Waals surface area contributed by atoms with Crippen molar-refractivity contribution in [2.45, 2.75) is 51.6 Å². The number of hydrogen-bond acceptors (Lipinski definition) is 3. The van der Waals surface area contributed by atoms with Gasteiger partial charge in [-0.3, -0.25) is 4.79 Å². The minimum absolute atomic E-state index is 0.0234. The van der Waals surface area contributed by atoms with Crippen LogP contribution in [0.4, 0.5) is 0 Å². The Morgan fingerprint density at radius 1 is 1.16 bits per heavy atom. The largest absolute Gasteiger partial charge is 0.342 e. The number of nitrogens with zero attached hydrogens (tertiary/aromatic N) is 1. The zero-order valence-corrected chi connectivity index (χ0v) is 12.1. The Kier molecular flexibility index (Phi) is 3.13. The molecule has 1 heterocycles. The highest BCUT2D eigenvalue weighted by Crippen LogP contribution is 2.48. The van der Waals surface area contributed by atoms with Gasteiger partial charge in [-0.05, 0) is 42.9 Å². The summed E-state index contributed by atoms with van der Waals surface area (Å²) in [7, 11) is 0. The zero-order chi connectivity index (χ0) is 13.8. The van der Waals surface area contributed by atoms with Gasteiger partial charge in [-0.15, -0.1) is 0 Å². The van der Waals surface area contributed by atoms with Gasteiger partial charge in [0.2, 0.25) is 5.91 Å². The summed E-state index contributed by atoms with van der Waals surface area (Å²) >= 11 is 0. The maximum absolute atomic E-state index is 12.8. The van der Waals surface area contributed by atoms with Gasteiger partial charge in [0.1, 0.15) is 0 Å². The molecule has 19 heavy (non-hydrogen) atoms. The van der Waals surface area contributed by atoms with E-state index in [4.69, 9.17) is 11.5 Å². The van der Waals surface area contributed by atoms with E-state index in [1.165, 1.54) is 19.3 Å². The van der Waals surface area contributed by atoms with Gasteiger partial charge < -0.3 is 16.4 Å². The van der Waals surface area contributed by atoms with Gasteiger partial charge in [-0.1, -0.05) is 13.8 Å². The van der Waals surface area contributed by atoms with Crippen molar-refractivity contribution in [1.29, 1.82) is 0 Å². The molecule has 4 N–H and O–H groups in total. The lowest BCUT2D eigenvalue weighted by Gasteiger charge is -2.44. The number of rotatable bonds is 1. The quantitative estimate of drug-likeness (QED) is 0.741. The standard InChI is InChI=1S/C15H27N3O/c1-15(2)8-18(6-5-11(15)16)14(19)12-9-3-4-10(7-9)13(12)17/h9-13H,3-8,16-17H2,1-2H3. The summed E-state index contributed by atoms with van der Waals surface area (Å²) in [5.74, 6) is 1.54. The number of nitrogens with two attached hydrogens (primary N) is 2. The van der Waals surface area contributed by atoms with Gasteiger partial charge >= 0.3 is 0 Å². The second-order valence-corrected chi connectivity index (χ2v) is 7.58. The number of carbonyl (C=O) groups excluding carboxylic acids is 1. The first-order chi connectivity index (χ1) is 8.90. The zero-order valence-electron chi connectivity index (χ0n) is 12.1. The highest BCUT2D eigenvalue weighted by Gasteiger charge is 2.51. The van der Waals surface area contributed by atoms with E-state index in [9.17, 15) is 4.79 Å². The van der Waals surface area contributed by atoms with Gasteiger partial charge in [0.05, 0.1) is 5.92 Å². The van der Waals surface area contributed by atoms with Crippen molar-refractivity contribution in [3.05, 3.63) is 0 Å². The number of amides is 1. The van der Waals surface area contributed by atoms with E-state index in [0.717, 1.165) is 19.5 Å². The molecular weight excluding hydrogens is 238 g/mol. The lowest BCUT2D eigenvalue weighted by atomic mass is 9.78. The van der Waals surface area contributed by atoms with Gasteiger partial charge in [0.15, 0.2) is 0 Å². The Balaban J connectivity index is 1.71. The van der Waals surface area contributed by atoms with Crippen LogP contribution >= 0.6 is 0 Å². The van der Waals surface area contributed by atoms with Crippen LogP contribution in [-0.4, -0.2) is 36.0 Å². The molecule has 0 aromatic heterocycles. The Hall–Kier alpha value is -0.610. The summed E-state index contributed by atoms with van der Waals surface area (Å²) in [6.45, 7) is 5.92. The van der Waals surface area contributed by atoms with Crippen molar-refractivity contribution < 1.29 is 4.79 Å². The van der Waals surface area contributed by atoms with Crippen molar-refractivity contribution in [2.75, 3.05) is 13.1 Å². The molecule has 5 unspecified atom stereocenters. The van der Waals surface area contributed by atoms with Gasteiger partial charge in [0, 0.05) is 25.2 Å². The summed E-state index contributed by atoms with van der Waals surface area (Å²) < 4.78 is 0. The third-order valence-electron chi connectivity index (χ3n) is 5.89. The Morgan fingerprint density at radius 2 is 1.84 bits per heavy atom. The molecule has 4 heteroatoms. The molecule has 0 aromatic carbocycles. The normalized spacial score (nSPS) is 44.6. The van der Waals surface area contributed by atoms with Crippen molar-refractivity contribution in [1.82, 2.24) is 4.90 Å². The van der Waals surface area contributed by atoms with Crippen molar-refractivity contribution in [3.63, 3.8) is 0 Å². The molecule has 0 aromatic rings. The van der Waals surface area contributed by atoms with Crippen LogP contribution in [0.5, 0.6) is 0 Å². The molecule has 1 aliphatic heterocycles. The number of piperidine rings is 1. The van der Waals surface area contributed by atoms with Crippen molar-refractivity contribution in [2.24, 2.45) is 34.6 Å². The highest BCUT2D eigenvalue weighted by molar-refractivity contribution is 5.80. The molecule has 108 valence electrons. The van der Waals surface area contributed by atoms with Crippen LogP contribution in [0.2, 0.25) is 0 Å². The SMILES string of the molecule is CC1(C)CN(C(=O)C2C3CCC(C3)C2N)CCC1N. The molecule has 0 spiro atoms. The maximum atomic E-state index is 12.8. The van der Waals surface area contributed by atoms with Gasteiger partial charge in [-0.25, -0.2) is 0 Å². The minimum Gasteiger partial charge on any atom is -0.342 e. The lowest BCUT2D eigenvalue weighted by Crippen LogP contribution is -2.57. The number of carbonyl (C=O) groups is 1. The minimum atomic E-state index is 0.0234. The molecular formula is C15H27N3O. The molecule has 2 bridgehead atoms. The predicted octanol–water partition coefficient (Wildman–Crippen LogP) is 0.946. The first kappa shape index (κ1) is 13.4. The number of hydrogen-bond donors (Lipinski definition) is 2. The second kappa shape index (κ2) is 4.45. The third-order valence-corrected chi connectivity index (χ3v) is 5.89. The van der Waals surface area contributed by atoms with E-state index in [2.05, 4.69) is 13.8 Å². The molecule has 4 nitrogen and oxygen atoms in total. The van der Waals surface area contributed by atoms with Crippen LogP contribution in [0, 0.1) is 23.2 Å². The molecule has 3 aliphatic rings. The fraction of sp³-hybridized carbons (Fsp3) is 0.933. The Morgan fingerprint density at radius 3 is 2.42 bits per heavy atom. The molecule has 5 atom stereocenters. The predicted molar refractivity (Wildman–Crippen MR) is 75.2 cm³/mol. The average Bonchev–Trinajstić information content (AvgIpc) is 2.92. The maximum Gasteiger partial charge on any atom is 0.227 e. The molecule has 3 fully saturated rings. The van der Waals surface area contributed by atoms with Crippen molar-refractivity contribution >= 4 is 5.91 Å². The smallest absolute Gasteiger partial charge is 0.227 e. The Bertz CT molecular complexity index is 380. The fourth-order valence-corrected chi connectivity index (χ4v) is 4.48. The van der Waals surface area contributed by atoms with Crippen LogP contribution in [-0.2, 0) is 4.79 Å². The fourth-order valence-electron chi connectivity index (χ4n) is 4.48. The van der Waals surface area contributed by atoms with Crippen LogP contribution in [0.25, 0.3) is 0 Å². The highest BCUT2D eigenvalue weighted by atomic mass is 16.2. The molecule has 3 rings (SSSR count). The van der Waals surface area contributed by atoms with Crippen LogP contribution in [0.15, 0.2) is 0 Å². The first-order valence-corrected chi connectivity index (χ1v) is 7.70. The first-order valence-electron chi connectivity index (χ1n) is 7.70. The summed E-state index contributed by atoms with van der Waals surface area (Å²) in [5, 5.41) is 0. The van der Waals surface area contributed by atoms with Crippen LogP contribution in [0.3, 0.4) is 0 Å². The summed E-state index contributed by atoms with van der Waals surface area (Å²) in [6, 6.07) is 0.301. The average molecular weight is 265 g/mol.